The number of carbonyl (C=O) groups excluding carboxylic acids is 1. The largest absolute Gasteiger partial charge is 0.493 e. The minimum absolute atomic E-state index is 0.186. The Balaban J connectivity index is 1.83. The quantitative estimate of drug-likeness (QED) is 0.407. The first-order valence-electron chi connectivity index (χ1n) is 8.56. The predicted molar refractivity (Wildman–Crippen MR) is 107 cm³/mol. The summed E-state index contributed by atoms with van der Waals surface area (Å²) < 4.78 is 24.7. The maximum absolute atomic E-state index is 13.0. The topological polar surface area (TPSA) is 95.9 Å². The number of esters is 1. The lowest BCUT2D eigenvalue weighted by Crippen LogP contribution is -2.19. The zero-order valence-electron chi connectivity index (χ0n) is 15.8. The van der Waals surface area contributed by atoms with Crippen LogP contribution < -0.4 is 20.8 Å². The van der Waals surface area contributed by atoms with Gasteiger partial charge in [0.05, 0.1) is 18.9 Å². The molecule has 0 bridgehead atoms. The summed E-state index contributed by atoms with van der Waals surface area (Å²) in [6.45, 7) is 1.77. The van der Waals surface area contributed by atoms with Crippen molar-refractivity contribution in [3.8, 4) is 11.5 Å². The van der Waals surface area contributed by atoms with Gasteiger partial charge in [0.2, 0.25) is 0 Å². The summed E-state index contributed by atoms with van der Waals surface area (Å²) in [4.78, 5) is 24.2. The number of methoxy groups -OCH3 is 1. The molecule has 1 heterocycles. The van der Waals surface area contributed by atoms with Crippen molar-refractivity contribution in [1.82, 2.24) is 4.68 Å². The number of carbonyl (C=O) groups is 1. The molecule has 29 heavy (non-hydrogen) atoms. The Hall–Kier alpha value is -3.94. The third-order valence-corrected chi connectivity index (χ3v) is 3.97. The number of nitrogens with zero attached hydrogens (tertiary/aromatic N) is 2. The van der Waals surface area contributed by atoms with Gasteiger partial charge < -0.3 is 15.2 Å². The summed E-state index contributed by atoms with van der Waals surface area (Å²) in [7, 11) is 1.42. The predicted octanol–water partition coefficient (Wildman–Crippen LogP) is 2.99. The molecular weight excluding hydrogens is 377 g/mol. The highest BCUT2D eigenvalue weighted by Gasteiger charge is 2.13. The Bertz CT molecular complexity index is 1140. The molecule has 3 aromatic rings. The first kappa shape index (κ1) is 19.8. The molecule has 0 atom stereocenters. The van der Waals surface area contributed by atoms with E-state index in [0.29, 0.717) is 5.56 Å². The van der Waals surface area contributed by atoms with Crippen LogP contribution in [0.4, 0.5) is 10.2 Å². The minimum atomic E-state index is -0.649. The highest BCUT2D eigenvalue weighted by atomic mass is 19.1. The van der Waals surface area contributed by atoms with Gasteiger partial charge in [-0.15, -0.1) is 0 Å². The van der Waals surface area contributed by atoms with Crippen molar-refractivity contribution in [3.63, 3.8) is 0 Å². The molecule has 2 N–H and O–H groups in total. The van der Waals surface area contributed by atoms with Gasteiger partial charge in [0, 0.05) is 6.07 Å². The molecular formula is C21H18FN3O4. The second kappa shape index (κ2) is 8.39. The highest BCUT2D eigenvalue weighted by molar-refractivity contribution is 5.91. The van der Waals surface area contributed by atoms with Crippen LogP contribution in [0.25, 0.3) is 0 Å². The monoisotopic (exact) mass is 395 g/mol. The van der Waals surface area contributed by atoms with Crippen molar-refractivity contribution in [3.05, 3.63) is 87.5 Å². The molecule has 0 saturated carbocycles. The molecule has 7 nitrogen and oxygen atoms in total. The third kappa shape index (κ3) is 4.67. The molecule has 0 saturated heterocycles. The Morgan fingerprint density at radius 2 is 1.83 bits per heavy atom. The van der Waals surface area contributed by atoms with E-state index in [1.54, 1.807) is 25.1 Å². The summed E-state index contributed by atoms with van der Waals surface area (Å²) >= 11 is 0. The number of anilines is 1. The summed E-state index contributed by atoms with van der Waals surface area (Å²) in [6.07, 6.45) is 1.43. The third-order valence-electron chi connectivity index (χ3n) is 3.97. The average Bonchev–Trinajstić information content (AvgIpc) is 2.68. The Morgan fingerprint density at radius 1 is 1.10 bits per heavy atom. The summed E-state index contributed by atoms with van der Waals surface area (Å²) in [5.41, 5.74) is 7.02. The highest BCUT2D eigenvalue weighted by Crippen LogP contribution is 2.28. The normalized spacial score (nSPS) is 10.9. The van der Waals surface area contributed by atoms with Gasteiger partial charge in [-0.1, -0.05) is 0 Å². The lowest BCUT2D eigenvalue weighted by molar-refractivity contribution is 0.0729. The number of rotatable bonds is 5. The van der Waals surface area contributed by atoms with E-state index in [-0.39, 0.29) is 28.4 Å². The lowest BCUT2D eigenvalue weighted by Gasteiger charge is -2.10. The number of ether oxygens (including phenoxy) is 2. The fourth-order valence-corrected chi connectivity index (χ4v) is 2.56. The second-order valence-electron chi connectivity index (χ2n) is 6.16. The molecule has 0 unspecified atom stereocenters. The summed E-state index contributed by atoms with van der Waals surface area (Å²) in [6, 6.07) is 12.8. The second-order valence-corrected chi connectivity index (χ2v) is 6.16. The maximum atomic E-state index is 13.0. The molecule has 1 aromatic heterocycles. The van der Waals surface area contributed by atoms with Gasteiger partial charge in [0.1, 0.15) is 11.6 Å². The van der Waals surface area contributed by atoms with Crippen molar-refractivity contribution in [2.45, 2.75) is 6.92 Å². The van der Waals surface area contributed by atoms with Gasteiger partial charge in [0.15, 0.2) is 11.5 Å². The number of benzene rings is 2. The smallest absolute Gasteiger partial charge is 0.343 e. The van der Waals surface area contributed by atoms with E-state index in [9.17, 15) is 14.0 Å². The van der Waals surface area contributed by atoms with Crippen LogP contribution >= 0.6 is 0 Å². The van der Waals surface area contributed by atoms with E-state index in [4.69, 9.17) is 15.2 Å². The number of aryl methyl sites for hydroxylation is 1. The van der Waals surface area contributed by atoms with Gasteiger partial charge in [-0.05, 0) is 66.6 Å². The van der Waals surface area contributed by atoms with Crippen LogP contribution in [0, 0.1) is 12.7 Å². The molecule has 3 rings (SSSR count). The molecule has 0 fully saturated rings. The number of nitrogen functional groups attached to an aromatic ring is 1. The fraction of sp³-hybridized carbons (Fsp3) is 0.0952. The maximum Gasteiger partial charge on any atom is 0.343 e. The van der Waals surface area contributed by atoms with E-state index in [0.717, 1.165) is 10.2 Å². The standard InChI is InChI=1S/C21H18FN3O4/c1-13-9-19(23)25(20(26)10-13)24-12-14-3-8-17(18(11-14)28-2)29-21(27)15-4-6-16(22)7-5-15/h3-12H,23H2,1-2H3/b24-12-. The average molecular weight is 395 g/mol. The van der Waals surface area contributed by atoms with Crippen LogP contribution in [0.3, 0.4) is 0 Å². The van der Waals surface area contributed by atoms with Crippen molar-refractivity contribution < 1.29 is 18.7 Å². The van der Waals surface area contributed by atoms with E-state index in [1.807, 2.05) is 0 Å². The number of hydrogen-bond donors (Lipinski definition) is 1. The van der Waals surface area contributed by atoms with Gasteiger partial charge in [-0.25, -0.2) is 9.18 Å². The van der Waals surface area contributed by atoms with Crippen molar-refractivity contribution in [2.75, 3.05) is 12.8 Å². The number of nitrogens with two attached hydrogens (primary N) is 1. The molecule has 0 aliphatic carbocycles. The first-order chi connectivity index (χ1) is 13.9. The van der Waals surface area contributed by atoms with Crippen molar-refractivity contribution in [2.24, 2.45) is 5.10 Å². The summed E-state index contributed by atoms with van der Waals surface area (Å²) in [5, 5.41) is 4.09. The molecule has 0 aliphatic rings. The number of aromatic nitrogens is 1. The fourth-order valence-electron chi connectivity index (χ4n) is 2.56. The number of halogens is 1. The molecule has 0 radical (unpaired) electrons. The van der Waals surface area contributed by atoms with E-state index in [1.165, 1.54) is 49.7 Å². The number of hydrogen-bond acceptors (Lipinski definition) is 6. The van der Waals surface area contributed by atoms with Crippen LogP contribution in [-0.2, 0) is 0 Å². The Labute approximate surface area is 165 Å². The van der Waals surface area contributed by atoms with Gasteiger partial charge in [-0.2, -0.15) is 9.78 Å². The van der Waals surface area contributed by atoms with Crippen molar-refractivity contribution in [1.29, 1.82) is 0 Å². The van der Waals surface area contributed by atoms with E-state index < -0.39 is 11.8 Å². The SMILES string of the molecule is COc1cc(/C=N\n2c(N)cc(C)cc2=O)ccc1OC(=O)c1ccc(F)cc1. The van der Waals surface area contributed by atoms with Crippen LogP contribution in [0.15, 0.2) is 64.5 Å². The molecule has 0 spiro atoms. The van der Waals surface area contributed by atoms with Crippen LogP contribution in [0.1, 0.15) is 21.5 Å². The molecule has 148 valence electrons. The van der Waals surface area contributed by atoms with Gasteiger partial charge in [0.25, 0.3) is 5.56 Å². The molecule has 2 aromatic carbocycles. The number of pyridine rings is 1. The zero-order valence-corrected chi connectivity index (χ0v) is 15.8. The summed E-state index contributed by atoms with van der Waals surface area (Å²) in [5.74, 6) is -0.414. The van der Waals surface area contributed by atoms with Gasteiger partial charge >= 0.3 is 5.97 Å². The molecule has 8 heteroatoms. The van der Waals surface area contributed by atoms with E-state index in [2.05, 4.69) is 5.10 Å². The Morgan fingerprint density at radius 3 is 2.48 bits per heavy atom. The zero-order chi connectivity index (χ0) is 21.0. The van der Waals surface area contributed by atoms with Crippen LogP contribution in [0.5, 0.6) is 11.5 Å². The van der Waals surface area contributed by atoms with E-state index >= 15 is 0 Å². The Kier molecular flexibility index (Phi) is 5.73. The molecule has 0 amide bonds. The van der Waals surface area contributed by atoms with Crippen LogP contribution in [-0.4, -0.2) is 24.0 Å². The van der Waals surface area contributed by atoms with Gasteiger partial charge in [-0.3, -0.25) is 4.79 Å². The molecule has 0 aliphatic heterocycles. The lowest BCUT2D eigenvalue weighted by atomic mass is 10.2. The first-order valence-corrected chi connectivity index (χ1v) is 8.56. The minimum Gasteiger partial charge on any atom is -0.493 e. The van der Waals surface area contributed by atoms with Crippen LogP contribution in [0.2, 0.25) is 0 Å². The van der Waals surface area contributed by atoms with Crippen molar-refractivity contribution >= 4 is 18.0 Å².